The lowest BCUT2D eigenvalue weighted by Crippen LogP contribution is -2.46. The zero-order valence-electron chi connectivity index (χ0n) is 25.3. The molecule has 5 rings (SSSR count). The maximum absolute atomic E-state index is 13.4. The summed E-state index contributed by atoms with van der Waals surface area (Å²) in [5, 5.41) is 15.0. The van der Waals surface area contributed by atoms with Crippen LogP contribution in [-0.2, 0) is 45.1 Å². The largest absolute Gasteiger partial charge is 0.350 e. The van der Waals surface area contributed by atoms with Gasteiger partial charge in [0.1, 0.15) is 17.7 Å². The van der Waals surface area contributed by atoms with Gasteiger partial charge in [-0.1, -0.05) is 54.6 Å². The van der Waals surface area contributed by atoms with Crippen molar-refractivity contribution in [3.8, 4) is 0 Å². The first kappa shape index (κ1) is 30.7. The minimum Gasteiger partial charge on any atom is -0.350 e. The minimum absolute atomic E-state index is 0.203. The predicted molar refractivity (Wildman–Crippen MR) is 171 cm³/mol. The van der Waals surface area contributed by atoms with Crippen molar-refractivity contribution in [2.75, 3.05) is 6.54 Å². The fourth-order valence-corrected chi connectivity index (χ4v) is 5.12. The number of hydrogen-bond donors (Lipinski definition) is 4. The number of carbonyl (C=O) groups is 2. The van der Waals surface area contributed by atoms with Gasteiger partial charge in [0.2, 0.25) is 5.91 Å². The van der Waals surface area contributed by atoms with Gasteiger partial charge in [0.25, 0.3) is 5.91 Å². The highest BCUT2D eigenvalue weighted by atomic mass is 16.2. The molecule has 0 spiro atoms. The second-order valence-electron chi connectivity index (χ2n) is 10.9. The SMILES string of the molecule is Cn1ccnc1CNCCC[C@H](NC(=O)c1ccc(CNCc2nccn2C)cc1)C(=O)NCc1cccc2ccccc12. The van der Waals surface area contributed by atoms with Gasteiger partial charge in [0, 0.05) is 57.5 Å². The highest BCUT2D eigenvalue weighted by molar-refractivity contribution is 5.97. The van der Waals surface area contributed by atoms with E-state index in [9.17, 15) is 9.59 Å². The number of benzene rings is 3. The first-order valence-electron chi connectivity index (χ1n) is 15.0. The third kappa shape index (κ3) is 8.18. The molecular weight excluding hydrogens is 552 g/mol. The first-order chi connectivity index (χ1) is 21.5. The Hall–Kier alpha value is -4.80. The van der Waals surface area contributed by atoms with Crippen LogP contribution in [0.2, 0.25) is 0 Å². The normalized spacial score (nSPS) is 11.9. The summed E-state index contributed by atoms with van der Waals surface area (Å²) in [6.07, 6.45) is 8.58. The van der Waals surface area contributed by atoms with E-state index in [0.29, 0.717) is 51.1 Å². The molecule has 0 saturated carbocycles. The number of nitrogens with one attached hydrogen (secondary N) is 4. The Bertz CT molecular complexity index is 1670. The van der Waals surface area contributed by atoms with E-state index in [4.69, 9.17) is 0 Å². The Balaban J connectivity index is 1.18. The van der Waals surface area contributed by atoms with Crippen molar-refractivity contribution in [1.82, 2.24) is 40.4 Å². The van der Waals surface area contributed by atoms with E-state index < -0.39 is 6.04 Å². The van der Waals surface area contributed by atoms with E-state index in [0.717, 1.165) is 33.5 Å². The van der Waals surface area contributed by atoms with Crippen LogP contribution >= 0.6 is 0 Å². The average Bonchev–Trinajstić information content (AvgIpc) is 3.65. The summed E-state index contributed by atoms with van der Waals surface area (Å²) in [4.78, 5) is 35.4. The standard InChI is InChI=1S/C34H40N8O2/c1-41-19-17-37-31(41)23-35-16-6-11-30(34(44)39-22-28-9-5-8-26-7-3-4-10-29(26)28)40-33(43)27-14-12-25(13-15-27)21-36-24-32-38-18-20-42(32)2/h3-5,7-10,12-15,17-20,30,35-36H,6,11,16,21-24H2,1-2H3,(H,39,44)(H,40,43)/t30-/m0/s1. The first-order valence-corrected chi connectivity index (χ1v) is 15.0. The molecule has 2 heterocycles. The smallest absolute Gasteiger partial charge is 0.251 e. The lowest BCUT2D eigenvalue weighted by atomic mass is 10.0. The summed E-state index contributed by atoms with van der Waals surface area (Å²) in [5.41, 5.74) is 2.60. The zero-order valence-corrected chi connectivity index (χ0v) is 25.3. The van der Waals surface area contributed by atoms with Crippen LogP contribution in [0.4, 0.5) is 0 Å². The Kier molecular flexibility index (Phi) is 10.5. The van der Waals surface area contributed by atoms with E-state index in [1.165, 1.54) is 0 Å². The van der Waals surface area contributed by atoms with Crippen molar-refractivity contribution in [3.63, 3.8) is 0 Å². The number of carbonyl (C=O) groups excluding carboxylic acids is 2. The van der Waals surface area contributed by atoms with Crippen molar-refractivity contribution in [1.29, 1.82) is 0 Å². The number of hydrogen-bond acceptors (Lipinski definition) is 6. The summed E-state index contributed by atoms with van der Waals surface area (Å²) < 4.78 is 3.95. The van der Waals surface area contributed by atoms with E-state index in [-0.39, 0.29) is 11.8 Å². The summed E-state index contributed by atoms with van der Waals surface area (Å²) in [6.45, 7) is 3.01. The van der Waals surface area contributed by atoms with Gasteiger partial charge in [-0.15, -0.1) is 0 Å². The zero-order chi connectivity index (χ0) is 30.7. The molecule has 0 aliphatic heterocycles. The Labute approximate surface area is 257 Å². The number of imidazole rings is 2. The number of aryl methyl sites for hydroxylation is 2. The third-order valence-corrected chi connectivity index (χ3v) is 7.75. The molecule has 5 aromatic rings. The third-order valence-electron chi connectivity index (χ3n) is 7.75. The van der Waals surface area contributed by atoms with Crippen LogP contribution in [-0.4, -0.2) is 43.5 Å². The predicted octanol–water partition coefficient (Wildman–Crippen LogP) is 3.58. The van der Waals surface area contributed by atoms with Crippen molar-refractivity contribution in [3.05, 3.63) is 120 Å². The van der Waals surface area contributed by atoms with Gasteiger partial charge in [-0.3, -0.25) is 9.59 Å². The summed E-state index contributed by atoms with van der Waals surface area (Å²) in [7, 11) is 3.93. The van der Waals surface area contributed by atoms with Crippen LogP contribution < -0.4 is 21.3 Å². The Morgan fingerprint density at radius 2 is 1.45 bits per heavy atom. The second-order valence-corrected chi connectivity index (χ2v) is 10.9. The Morgan fingerprint density at radius 1 is 0.773 bits per heavy atom. The maximum atomic E-state index is 13.4. The molecule has 228 valence electrons. The van der Waals surface area contributed by atoms with Gasteiger partial charge in [0.15, 0.2) is 0 Å². The number of aromatic nitrogens is 4. The number of nitrogens with zero attached hydrogens (tertiary/aromatic N) is 4. The lowest BCUT2D eigenvalue weighted by Gasteiger charge is -2.19. The molecule has 0 saturated heterocycles. The number of rotatable bonds is 15. The minimum atomic E-state index is -0.674. The van der Waals surface area contributed by atoms with Gasteiger partial charge in [0.05, 0.1) is 13.1 Å². The summed E-state index contributed by atoms with van der Waals surface area (Å²) >= 11 is 0. The molecule has 10 nitrogen and oxygen atoms in total. The van der Waals surface area contributed by atoms with Crippen molar-refractivity contribution < 1.29 is 9.59 Å². The molecule has 2 amide bonds. The topological polar surface area (TPSA) is 118 Å². The molecule has 0 aliphatic carbocycles. The van der Waals surface area contributed by atoms with Crippen LogP contribution in [0.25, 0.3) is 10.8 Å². The molecule has 0 aliphatic rings. The number of fused-ring (bicyclic) bond motifs is 1. The van der Waals surface area contributed by atoms with Crippen LogP contribution in [0.3, 0.4) is 0 Å². The van der Waals surface area contributed by atoms with Gasteiger partial charge in [-0.2, -0.15) is 0 Å². The van der Waals surface area contributed by atoms with Crippen LogP contribution in [0.15, 0.2) is 91.5 Å². The summed E-state index contributed by atoms with van der Waals surface area (Å²) in [5.74, 6) is 1.42. The van der Waals surface area contributed by atoms with E-state index in [1.807, 2.05) is 72.0 Å². The van der Waals surface area contributed by atoms with Crippen LogP contribution in [0.1, 0.15) is 46.0 Å². The number of amides is 2. The molecule has 1 atom stereocenters. The quantitative estimate of drug-likeness (QED) is 0.138. The van der Waals surface area contributed by atoms with E-state index >= 15 is 0 Å². The molecule has 4 N–H and O–H groups in total. The highest BCUT2D eigenvalue weighted by Crippen LogP contribution is 2.18. The molecule has 0 radical (unpaired) electrons. The van der Waals surface area contributed by atoms with Gasteiger partial charge in [-0.05, 0) is 53.4 Å². The van der Waals surface area contributed by atoms with E-state index in [2.05, 4.69) is 49.4 Å². The maximum Gasteiger partial charge on any atom is 0.251 e. The molecule has 10 heteroatoms. The molecule has 0 unspecified atom stereocenters. The Morgan fingerprint density at radius 3 is 2.16 bits per heavy atom. The van der Waals surface area contributed by atoms with Crippen molar-refractivity contribution in [2.45, 2.75) is 45.1 Å². The highest BCUT2D eigenvalue weighted by Gasteiger charge is 2.21. The van der Waals surface area contributed by atoms with Crippen LogP contribution in [0.5, 0.6) is 0 Å². The van der Waals surface area contributed by atoms with Gasteiger partial charge < -0.3 is 30.4 Å². The van der Waals surface area contributed by atoms with Gasteiger partial charge in [-0.25, -0.2) is 9.97 Å². The fraction of sp³-hybridized carbons (Fsp3) is 0.294. The monoisotopic (exact) mass is 592 g/mol. The van der Waals surface area contributed by atoms with Crippen LogP contribution in [0, 0.1) is 0 Å². The van der Waals surface area contributed by atoms with E-state index in [1.54, 1.807) is 24.5 Å². The molecule has 0 bridgehead atoms. The summed E-state index contributed by atoms with van der Waals surface area (Å²) in [6, 6.07) is 21.0. The lowest BCUT2D eigenvalue weighted by molar-refractivity contribution is -0.123. The fourth-order valence-electron chi connectivity index (χ4n) is 5.12. The second kappa shape index (κ2) is 15.1. The molecule has 44 heavy (non-hydrogen) atoms. The molecule has 2 aromatic heterocycles. The van der Waals surface area contributed by atoms with Crippen molar-refractivity contribution >= 4 is 22.6 Å². The molecular formula is C34H40N8O2. The average molecular weight is 593 g/mol. The van der Waals surface area contributed by atoms with Gasteiger partial charge >= 0.3 is 0 Å². The molecule has 0 fully saturated rings. The molecule has 3 aromatic carbocycles. The van der Waals surface area contributed by atoms with Crippen molar-refractivity contribution in [2.24, 2.45) is 14.1 Å².